The van der Waals surface area contributed by atoms with Crippen molar-refractivity contribution in [1.29, 1.82) is 0 Å². The molecule has 0 spiro atoms. The number of pyridine rings is 3. The molecule has 3 aromatic heterocycles. The highest BCUT2D eigenvalue weighted by atomic mass is 16.8. The molecule has 0 aliphatic heterocycles. The van der Waals surface area contributed by atoms with E-state index in [0.29, 0.717) is 16.6 Å². The van der Waals surface area contributed by atoms with Gasteiger partial charge in [-0.25, -0.2) is 29.3 Å². The fourth-order valence-corrected chi connectivity index (χ4v) is 4.05. The van der Waals surface area contributed by atoms with Crippen LogP contribution in [0.5, 0.6) is 0 Å². The van der Waals surface area contributed by atoms with Gasteiger partial charge in [-0.15, -0.1) is 0 Å². The number of aromatic nitrogens is 3. The van der Waals surface area contributed by atoms with Crippen LogP contribution in [-0.2, 0) is 14.0 Å². The molecule has 0 aliphatic carbocycles. The molecule has 10 heteroatoms. The summed E-state index contributed by atoms with van der Waals surface area (Å²) in [7, 11) is -2.04. The molecular formula is C30H18BN3O6. The molecule has 40 heavy (non-hydrogen) atoms. The second kappa shape index (κ2) is 10.6. The molecule has 0 saturated carbocycles. The average molecular weight is 527 g/mol. The molecule has 0 fully saturated rings. The first-order chi connectivity index (χ1) is 19.5. The molecule has 0 unspecified atom stereocenters. The maximum Gasteiger partial charge on any atom is 0.870 e. The van der Waals surface area contributed by atoms with E-state index in [0.717, 1.165) is 16.2 Å². The van der Waals surface area contributed by atoms with Gasteiger partial charge < -0.3 is 14.0 Å². The summed E-state index contributed by atoms with van der Waals surface area (Å²) in [5, 5.41) is 2.45. The van der Waals surface area contributed by atoms with E-state index in [1.165, 1.54) is 18.2 Å². The number of carbonyl (C=O) groups excluding carboxylic acids is 3. The fourth-order valence-electron chi connectivity index (χ4n) is 4.05. The molecule has 192 valence electrons. The standard InChI is InChI=1S/C30H18BN3O6/c35-28(25-16-13-19-7-1-4-10-22(19)32-25)38-31(39-29(36)26-17-14-20-8-2-5-11-23(20)33-26)40-30(37)27-18-15-21-9-3-6-12-24(21)34-27/h1-18H. The number of carbonyl (C=O) groups is 3. The number of para-hydroxylation sites is 3. The number of fused-ring (bicyclic) bond motifs is 3. The summed E-state index contributed by atoms with van der Waals surface area (Å²) in [6.45, 7) is 0. The fraction of sp³-hybridized carbons (Fsp3) is 0. The summed E-state index contributed by atoms with van der Waals surface area (Å²) >= 11 is 0. The summed E-state index contributed by atoms with van der Waals surface area (Å²) in [4.78, 5) is 51.8. The van der Waals surface area contributed by atoms with Crippen LogP contribution in [0.2, 0.25) is 0 Å². The number of hydrogen-bond acceptors (Lipinski definition) is 9. The first-order valence-corrected chi connectivity index (χ1v) is 12.2. The van der Waals surface area contributed by atoms with Crippen LogP contribution >= 0.6 is 0 Å². The minimum atomic E-state index is -2.04. The number of hydrogen-bond donors (Lipinski definition) is 0. The van der Waals surface area contributed by atoms with Crippen LogP contribution in [0.15, 0.2) is 109 Å². The lowest BCUT2D eigenvalue weighted by Gasteiger charge is -2.14. The van der Waals surface area contributed by atoms with Gasteiger partial charge in [0.2, 0.25) is 0 Å². The van der Waals surface area contributed by atoms with Crippen LogP contribution in [0.3, 0.4) is 0 Å². The molecule has 0 bridgehead atoms. The van der Waals surface area contributed by atoms with Gasteiger partial charge in [0.1, 0.15) is 17.1 Å². The van der Waals surface area contributed by atoms with E-state index in [-0.39, 0.29) is 17.1 Å². The monoisotopic (exact) mass is 527 g/mol. The highest BCUT2D eigenvalue weighted by Crippen LogP contribution is 2.17. The van der Waals surface area contributed by atoms with E-state index in [9.17, 15) is 14.4 Å². The summed E-state index contributed by atoms with van der Waals surface area (Å²) in [6.07, 6.45) is 0. The first-order valence-electron chi connectivity index (χ1n) is 12.2. The third-order valence-corrected chi connectivity index (χ3v) is 6.03. The molecular weight excluding hydrogens is 509 g/mol. The minimum absolute atomic E-state index is 0.0662. The van der Waals surface area contributed by atoms with Crippen molar-refractivity contribution in [3.63, 3.8) is 0 Å². The Hall–Kier alpha value is -5.64. The van der Waals surface area contributed by atoms with Gasteiger partial charge in [-0.1, -0.05) is 72.8 Å². The van der Waals surface area contributed by atoms with Crippen molar-refractivity contribution in [2.45, 2.75) is 0 Å². The zero-order valence-corrected chi connectivity index (χ0v) is 20.8. The van der Waals surface area contributed by atoms with Crippen LogP contribution in [0.1, 0.15) is 31.5 Å². The van der Waals surface area contributed by atoms with E-state index < -0.39 is 25.2 Å². The van der Waals surface area contributed by atoms with Gasteiger partial charge in [0.05, 0.1) is 16.6 Å². The summed E-state index contributed by atoms with van der Waals surface area (Å²) in [5.74, 6) is -2.89. The van der Waals surface area contributed by atoms with Crippen LogP contribution in [-0.4, -0.2) is 40.2 Å². The predicted molar refractivity (Wildman–Crippen MR) is 147 cm³/mol. The van der Waals surface area contributed by atoms with Crippen molar-refractivity contribution in [2.24, 2.45) is 0 Å². The Morgan fingerprint density at radius 3 is 1.05 bits per heavy atom. The molecule has 0 aliphatic rings. The van der Waals surface area contributed by atoms with Crippen molar-refractivity contribution in [2.75, 3.05) is 0 Å². The van der Waals surface area contributed by atoms with Gasteiger partial charge in [-0.2, -0.15) is 0 Å². The molecule has 0 amide bonds. The van der Waals surface area contributed by atoms with Gasteiger partial charge in [0.15, 0.2) is 0 Å². The Balaban J connectivity index is 1.27. The summed E-state index contributed by atoms with van der Waals surface area (Å²) in [5.41, 5.74) is 1.48. The van der Waals surface area contributed by atoms with Crippen LogP contribution in [0.25, 0.3) is 32.7 Å². The third kappa shape index (κ3) is 5.18. The highest BCUT2D eigenvalue weighted by molar-refractivity contribution is 6.45. The van der Waals surface area contributed by atoms with Gasteiger partial charge >= 0.3 is 25.2 Å². The van der Waals surface area contributed by atoms with Gasteiger partial charge in [0.25, 0.3) is 0 Å². The van der Waals surface area contributed by atoms with E-state index in [1.807, 2.05) is 36.4 Å². The van der Waals surface area contributed by atoms with Crippen LogP contribution < -0.4 is 0 Å². The quantitative estimate of drug-likeness (QED) is 0.270. The Kier molecular flexibility index (Phi) is 6.55. The van der Waals surface area contributed by atoms with Crippen molar-refractivity contribution in [3.05, 3.63) is 126 Å². The molecule has 3 aromatic carbocycles. The third-order valence-electron chi connectivity index (χ3n) is 6.03. The Labute approximate surface area is 227 Å². The smallest absolute Gasteiger partial charge is 0.457 e. The number of benzene rings is 3. The predicted octanol–water partition coefficient (Wildman–Crippen LogP) is 5.19. The lowest BCUT2D eigenvalue weighted by molar-refractivity contribution is 0.0403. The van der Waals surface area contributed by atoms with Gasteiger partial charge in [-0.05, 0) is 36.4 Å². The number of nitrogens with zero attached hydrogens (tertiary/aromatic N) is 3. The molecule has 6 rings (SSSR count). The van der Waals surface area contributed by atoms with Crippen molar-refractivity contribution >= 4 is 57.9 Å². The van der Waals surface area contributed by atoms with Crippen LogP contribution in [0.4, 0.5) is 0 Å². The second-order valence-electron chi connectivity index (χ2n) is 8.67. The number of rotatable bonds is 6. The van der Waals surface area contributed by atoms with E-state index in [1.54, 1.807) is 54.6 Å². The van der Waals surface area contributed by atoms with Crippen molar-refractivity contribution < 1.29 is 28.3 Å². The Morgan fingerprint density at radius 1 is 0.425 bits per heavy atom. The van der Waals surface area contributed by atoms with Gasteiger partial charge in [-0.3, -0.25) is 0 Å². The van der Waals surface area contributed by atoms with Gasteiger partial charge in [0, 0.05) is 16.2 Å². The Bertz CT molecular complexity index is 1710. The van der Waals surface area contributed by atoms with Crippen molar-refractivity contribution in [1.82, 2.24) is 15.0 Å². The molecule has 0 radical (unpaired) electrons. The van der Waals surface area contributed by atoms with E-state index in [2.05, 4.69) is 15.0 Å². The summed E-state index contributed by atoms with van der Waals surface area (Å²) < 4.78 is 15.9. The molecule has 3 heterocycles. The van der Waals surface area contributed by atoms with E-state index >= 15 is 0 Å². The SMILES string of the molecule is O=C(OB(OC(=O)c1ccc2ccccc2n1)OC(=O)c1ccc2ccccc2n1)c1ccc2ccccc2n1. The first kappa shape index (κ1) is 24.7. The minimum Gasteiger partial charge on any atom is -0.457 e. The zero-order valence-electron chi connectivity index (χ0n) is 20.8. The average Bonchev–Trinajstić information content (AvgIpc) is 3.00. The second-order valence-corrected chi connectivity index (χ2v) is 8.67. The largest absolute Gasteiger partial charge is 0.870 e. The highest BCUT2D eigenvalue weighted by Gasteiger charge is 2.38. The zero-order chi connectivity index (χ0) is 27.5. The molecule has 0 saturated heterocycles. The van der Waals surface area contributed by atoms with Crippen molar-refractivity contribution in [3.8, 4) is 0 Å². The molecule has 6 aromatic rings. The van der Waals surface area contributed by atoms with E-state index in [4.69, 9.17) is 14.0 Å². The molecule has 0 atom stereocenters. The summed E-state index contributed by atoms with van der Waals surface area (Å²) in [6, 6.07) is 31.1. The lowest BCUT2D eigenvalue weighted by Crippen LogP contribution is -2.35. The van der Waals surface area contributed by atoms with Crippen LogP contribution in [0, 0.1) is 0 Å². The molecule has 9 nitrogen and oxygen atoms in total. The topological polar surface area (TPSA) is 118 Å². The maximum absolute atomic E-state index is 13.0. The molecule has 0 N–H and O–H groups in total. The normalized spacial score (nSPS) is 10.8. The Morgan fingerprint density at radius 2 is 0.725 bits per heavy atom. The maximum atomic E-state index is 13.0. The lowest BCUT2D eigenvalue weighted by atomic mass is 10.1.